The van der Waals surface area contributed by atoms with Gasteiger partial charge >= 0.3 is 0 Å². The van der Waals surface area contributed by atoms with E-state index < -0.39 is 0 Å². The van der Waals surface area contributed by atoms with Gasteiger partial charge in [-0.1, -0.05) is 65.7 Å². The molecule has 1 saturated heterocycles. The van der Waals surface area contributed by atoms with Crippen LogP contribution >= 0.6 is 23.2 Å². The van der Waals surface area contributed by atoms with Gasteiger partial charge in [0.05, 0.1) is 29.0 Å². The summed E-state index contributed by atoms with van der Waals surface area (Å²) in [5.41, 5.74) is 6.31. The van der Waals surface area contributed by atoms with Crippen LogP contribution in [0.2, 0.25) is 10.0 Å². The van der Waals surface area contributed by atoms with E-state index in [4.69, 9.17) is 32.9 Å². The van der Waals surface area contributed by atoms with Crippen molar-refractivity contribution < 1.29 is 14.6 Å². The van der Waals surface area contributed by atoms with Gasteiger partial charge in [0.1, 0.15) is 5.65 Å². The summed E-state index contributed by atoms with van der Waals surface area (Å²) in [6, 6.07) is 19.5. The van der Waals surface area contributed by atoms with Crippen molar-refractivity contribution in [1.29, 1.82) is 0 Å². The molecule has 10 nitrogen and oxygen atoms in total. The number of halogens is 2. The summed E-state index contributed by atoms with van der Waals surface area (Å²) in [6.45, 7) is 1.53. The van der Waals surface area contributed by atoms with E-state index in [1.54, 1.807) is 19.5 Å². The molecule has 4 N–H and O–H groups in total. The number of nitrogens with one attached hydrogen (secondary N) is 3. The molecule has 1 atom stereocenters. The van der Waals surface area contributed by atoms with Crippen LogP contribution in [0.3, 0.4) is 0 Å². The third-order valence-corrected chi connectivity index (χ3v) is 10.1. The highest BCUT2D eigenvalue weighted by Crippen LogP contribution is 2.42. The van der Waals surface area contributed by atoms with E-state index in [9.17, 15) is 14.7 Å². The number of carbonyl (C=O) groups is 1. The lowest BCUT2D eigenvalue weighted by Crippen LogP contribution is -2.43. The van der Waals surface area contributed by atoms with Crippen LogP contribution in [-0.2, 0) is 17.9 Å². The van der Waals surface area contributed by atoms with Gasteiger partial charge in [0.25, 0.3) is 5.56 Å². The average molecular weight is 700 g/mol. The molecular formula is C37H36Cl2N6O4. The number of aliphatic hydroxyl groups excluding tert-OH is 1. The number of rotatable bonds is 11. The van der Waals surface area contributed by atoms with Crippen LogP contribution < -0.4 is 26.2 Å². The van der Waals surface area contributed by atoms with Crippen molar-refractivity contribution in [3.8, 4) is 39.4 Å². The van der Waals surface area contributed by atoms with Crippen molar-refractivity contribution in [2.24, 2.45) is 0 Å². The quantitative estimate of drug-likeness (QED) is 0.145. The first-order chi connectivity index (χ1) is 23.8. The fraction of sp³-hybridized carbons (Fsp3) is 0.297. The Morgan fingerprint density at radius 2 is 1.69 bits per heavy atom. The van der Waals surface area contributed by atoms with Gasteiger partial charge in [-0.2, -0.15) is 0 Å². The largest absolute Gasteiger partial charge is 0.481 e. The predicted molar refractivity (Wildman–Crippen MR) is 191 cm³/mol. The second-order valence-corrected chi connectivity index (χ2v) is 13.3. The van der Waals surface area contributed by atoms with Crippen LogP contribution in [0.25, 0.3) is 39.2 Å². The van der Waals surface area contributed by atoms with Gasteiger partial charge in [-0.05, 0) is 43.0 Å². The molecule has 12 heteroatoms. The lowest BCUT2D eigenvalue weighted by molar-refractivity contribution is -0.119. The monoisotopic (exact) mass is 698 g/mol. The first-order valence-corrected chi connectivity index (χ1v) is 17.1. The molecule has 0 spiro atoms. The van der Waals surface area contributed by atoms with E-state index in [1.165, 1.54) is 4.40 Å². The van der Waals surface area contributed by atoms with E-state index in [0.717, 1.165) is 52.6 Å². The normalized spacial score (nSPS) is 18.8. The zero-order valence-corrected chi connectivity index (χ0v) is 28.4. The molecule has 1 saturated carbocycles. The van der Waals surface area contributed by atoms with Crippen molar-refractivity contribution in [2.45, 2.75) is 57.0 Å². The summed E-state index contributed by atoms with van der Waals surface area (Å²) in [4.78, 5) is 34.0. The van der Waals surface area contributed by atoms with Crippen molar-refractivity contribution in [3.63, 3.8) is 0 Å². The molecule has 0 unspecified atom stereocenters. The Hall–Kier alpha value is -4.32. The highest BCUT2D eigenvalue weighted by molar-refractivity contribution is 6.39. The standard InChI is InChI=1S/C37H36Cl2N6O4/c1-49-36-22(18-41-25-15-26(46)16-25)8-10-31(44-36)30-7-3-6-29(35(30)39)28-5-2-4-27(34(28)38)21-12-13-45-32(14-21)42-19-23(37(45)48)17-40-20-24-9-11-33(47)43-24/h2-8,10,12-14,19,24-26,40-41,46H,9,11,15-18,20H2,1H3,(H,43,47)/t24-,25?,26?/m0/s1. The van der Waals surface area contributed by atoms with Crippen molar-refractivity contribution in [1.82, 2.24) is 30.3 Å². The molecular weight excluding hydrogens is 663 g/mol. The molecule has 0 bridgehead atoms. The topological polar surface area (TPSA) is 130 Å². The van der Waals surface area contributed by atoms with E-state index in [1.807, 2.05) is 60.7 Å². The summed E-state index contributed by atoms with van der Waals surface area (Å²) in [5, 5.41) is 20.2. The van der Waals surface area contributed by atoms with Gasteiger partial charge < -0.3 is 25.8 Å². The van der Waals surface area contributed by atoms with E-state index in [0.29, 0.717) is 64.9 Å². The van der Waals surface area contributed by atoms with Crippen LogP contribution in [0, 0.1) is 0 Å². The second kappa shape index (κ2) is 14.3. The number of fused-ring (bicyclic) bond motifs is 1. The van der Waals surface area contributed by atoms with E-state index >= 15 is 0 Å². The highest BCUT2D eigenvalue weighted by Gasteiger charge is 2.27. The Morgan fingerprint density at radius 3 is 2.41 bits per heavy atom. The first-order valence-electron chi connectivity index (χ1n) is 16.3. The minimum atomic E-state index is -0.221. The minimum absolute atomic E-state index is 0.0629. The lowest BCUT2D eigenvalue weighted by atomic mass is 9.89. The minimum Gasteiger partial charge on any atom is -0.481 e. The number of hydrogen-bond donors (Lipinski definition) is 4. The molecule has 2 fully saturated rings. The average Bonchev–Trinajstić information content (AvgIpc) is 3.52. The third-order valence-electron chi connectivity index (χ3n) is 9.27. The Kier molecular flexibility index (Phi) is 9.66. The molecule has 7 rings (SSSR count). The third kappa shape index (κ3) is 6.92. The van der Waals surface area contributed by atoms with Crippen LogP contribution in [0.4, 0.5) is 0 Å². The van der Waals surface area contributed by atoms with Crippen molar-refractivity contribution in [2.75, 3.05) is 13.7 Å². The molecule has 1 aliphatic carbocycles. The van der Waals surface area contributed by atoms with Crippen LogP contribution in [0.5, 0.6) is 5.88 Å². The number of benzene rings is 2. The van der Waals surface area contributed by atoms with Gasteiger partial charge in [0, 0.05) is 83.9 Å². The maximum absolute atomic E-state index is 13.2. The molecule has 3 aromatic heterocycles. The molecule has 252 valence electrons. The Balaban J connectivity index is 1.12. The number of aromatic nitrogens is 3. The SMILES string of the molecule is COc1nc(-c2cccc(-c3cccc(-c4ccn5c(=O)c(CNC[C@@H]6CCC(=O)N6)cnc5c4)c3Cl)c2Cl)ccc1CNC1CC(O)C1. The Labute approximate surface area is 293 Å². The molecule has 1 amide bonds. The predicted octanol–water partition coefficient (Wildman–Crippen LogP) is 5.39. The summed E-state index contributed by atoms with van der Waals surface area (Å²) in [7, 11) is 1.60. The number of carbonyl (C=O) groups excluding carboxylic acids is 1. The molecule has 2 aromatic carbocycles. The summed E-state index contributed by atoms with van der Waals surface area (Å²) in [6.07, 6.45) is 5.92. The molecule has 4 heterocycles. The Bertz CT molecular complexity index is 2100. The van der Waals surface area contributed by atoms with Crippen LogP contribution in [-0.4, -0.2) is 57.2 Å². The van der Waals surface area contributed by atoms with E-state index in [2.05, 4.69) is 20.9 Å². The number of methoxy groups -OCH3 is 1. The van der Waals surface area contributed by atoms with E-state index in [-0.39, 0.29) is 23.6 Å². The number of pyridine rings is 2. The maximum Gasteiger partial charge on any atom is 0.262 e. The maximum atomic E-state index is 13.2. The van der Waals surface area contributed by atoms with Gasteiger partial charge in [-0.25, -0.2) is 9.97 Å². The van der Waals surface area contributed by atoms with Crippen molar-refractivity contribution >= 4 is 34.8 Å². The summed E-state index contributed by atoms with van der Waals surface area (Å²) in [5.74, 6) is 0.575. The number of ether oxygens (including phenoxy) is 1. The fourth-order valence-electron chi connectivity index (χ4n) is 6.45. The number of amides is 1. The number of hydrogen-bond acceptors (Lipinski definition) is 8. The smallest absolute Gasteiger partial charge is 0.262 e. The van der Waals surface area contributed by atoms with Gasteiger partial charge in [-0.3, -0.25) is 14.0 Å². The molecule has 49 heavy (non-hydrogen) atoms. The second-order valence-electron chi connectivity index (χ2n) is 12.6. The fourth-order valence-corrected chi connectivity index (χ4v) is 7.12. The number of nitrogens with zero attached hydrogens (tertiary/aromatic N) is 3. The Morgan fingerprint density at radius 1 is 0.959 bits per heavy atom. The molecule has 5 aromatic rings. The van der Waals surface area contributed by atoms with Crippen LogP contribution in [0.15, 0.2) is 77.9 Å². The van der Waals surface area contributed by atoms with Crippen molar-refractivity contribution in [3.05, 3.63) is 105 Å². The molecule has 1 aliphatic heterocycles. The number of aliphatic hydroxyl groups is 1. The summed E-state index contributed by atoms with van der Waals surface area (Å²) < 4.78 is 7.15. The van der Waals surface area contributed by atoms with Crippen LogP contribution in [0.1, 0.15) is 36.8 Å². The molecule has 2 aliphatic rings. The van der Waals surface area contributed by atoms with Gasteiger partial charge in [0.2, 0.25) is 11.8 Å². The summed E-state index contributed by atoms with van der Waals surface area (Å²) >= 11 is 14.2. The van der Waals surface area contributed by atoms with Gasteiger partial charge in [0.15, 0.2) is 0 Å². The lowest BCUT2D eigenvalue weighted by Gasteiger charge is -2.32. The molecule has 0 radical (unpaired) electrons. The van der Waals surface area contributed by atoms with Gasteiger partial charge in [-0.15, -0.1) is 0 Å². The highest BCUT2D eigenvalue weighted by atomic mass is 35.5. The zero-order valence-electron chi connectivity index (χ0n) is 26.9. The first kappa shape index (κ1) is 33.2. The zero-order chi connectivity index (χ0) is 34.1.